The van der Waals surface area contributed by atoms with Gasteiger partial charge in [-0.1, -0.05) is 25.1 Å². The Kier molecular flexibility index (Phi) is 2.32. The molecule has 0 aliphatic carbocycles. The first-order valence-corrected chi connectivity index (χ1v) is 5.30. The van der Waals surface area contributed by atoms with Crippen LogP contribution in [0.4, 0.5) is 0 Å². The SMILES string of the molecule is CCCn1c(C)c(C)c2ccccc21. The number of para-hydroxylation sites is 1. The summed E-state index contributed by atoms with van der Waals surface area (Å²) in [5.41, 5.74) is 4.21. The molecule has 0 radical (unpaired) electrons. The Labute approximate surface area is 85.4 Å². The summed E-state index contributed by atoms with van der Waals surface area (Å²) in [5.74, 6) is 0. The van der Waals surface area contributed by atoms with Crippen LogP contribution in [0.15, 0.2) is 24.3 Å². The van der Waals surface area contributed by atoms with Crippen molar-refractivity contribution >= 4 is 10.9 Å². The van der Waals surface area contributed by atoms with E-state index in [9.17, 15) is 0 Å². The molecule has 1 nitrogen and oxygen atoms in total. The zero-order valence-corrected chi connectivity index (χ0v) is 9.17. The average molecular weight is 187 g/mol. The fraction of sp³-hybridized carbons (Fsp3) is 0.385. The predicted molar refractivity (Wildman–Crippen MR) is 61.7 cm³/mol. The van der Waals surface area contributed by atoms with Gasteiger partial charge in [-0.2, -0.15) is 0 Å². The monoisotopic (exact) mass is 187 g/mol. The topological polar surface area (TPSA) is 4.93 Å². The molecule has 14 heavy (non-hydrogen) atoms. The smallest absolute Gasteiger partial charge is 0.0485 e. The third kappa shape index (κ3) is 1.24. The molecule has 1 heteroatoms. The molecule has 0 fully saturated rings. The molecule has 0 aliphatic heterocycles. The molecule has 2 aromatic rings. The van der Waals surface area contributed by atoms with Crippen molar-refractivity contribution in [3.05, 3.63) is 35.5 Å². The van der Waals surface area contributed by atoms with Gasteiger partial charge in [0, 0.05) is 23.1 Å². The highest BCUT2D eigenvalue weighted by Crippen LogP contribution is 2.24. The third-order valence-electron chi connectivity index (χ3n) is 2.99. The molecule has 0 atom stereocenters. The quantitative estimate of drug-likeness (QED) is 0.676. The van der Waals surface area contributed by atoms with Crippen molar-refractivity contribution < 1.29 is 0 Å². The summed E-state index contributed by atoms with van der Waals surface area (Å²) >= 11 is 0. The largest absolute Gasteiger partial charge is 0.345 e. The van der Waals surface area contributed by atoms with Crippen molar-refractivity contribution in [1.29, 1.82) is 0 Å². The second-order valence-corrected chi connectivity index (χ2v) is 3.88. The Bertz CT molecular complexity index is 451. The number of aryl methyl sites for hydroxylation is 2. The lowest BCUT2D eigenvalue weighted by Crippen LogP contribution is -1.98. The van der Waals surface area contributed by atoms with E-state index in [2.05, 4.69) is 49.6 Å². The number of hydrogen-bond acceptors (Lipinski definition) is 0. The van der Waals surface area contributed by atoms with Crippen LogP contribution in [0.25, 0.3) is 10.9 Å². The lowest BCUT2D eigenvalue weighted by Gasteiger charge is -2.05. The van der Waals surface area contributed by atoms with Crippen molar-refractivity contribution in [3.8, 4) is 0 Å². The van der Waals surface area contributed by atoms with Crippen molar-refractivity contribution in [2.24, 2.45) is 0 Å². The van der Waals surface area contributed by atoms with Crippen LogP contribution in [0.1, 0.15) is 24.6 Å². The lowest BCUT2D eigenvalue weighted by atomic mass is 10.2. The van der Waals surface area contributed by atoms with Gasteiger partial charge in [-0.25, -0.2) is 0 Å². The number of aromatic nitrogens is 1. The van der Waals surface area contributed by atoms with Crippen LogP contribution >= 0.6 is 0 Å². The van der Waals surface area contributed by atoms with Crippen molar-refractivity contribution in [1.82, 2.24) is 4.57 Å². The van der Waals surface area contributed by atoms with Gasteiger partial charge in [0.2, 0.25) is 0 Å². The van der Waals surface area contributed by atoms with Crippen molar-refractivity contribution in [3.63, 3.8) is 0 Å². The van der Waals surface area contributed by atoms with E-state index in [0.29, 0.717) is 0 Å². The van der Waals surface area contributed by atoms with Crippen LogP contribution in [0, 0.1) is 13.8 Å². The number of nitrogens with zero attached hydrogens (tertiary/aromatic N) is 1. The van der Waals surface area contributed by atoms with E-state index in [-0.39, 0.29) is 0 Å². The zero-order valence-electron chi connectivity index (χ0n) is 9.17. The standard InChI is InChI=1S/C13H17N/c1-4-9-14-11(3)10(2)12-7-5-6-8-13(12)14/h5-8H,4,9H2,1-3H3. The Morgan fingerprint density at radius 3 is 2.57 bits per heavy atom. The van der Waals surface area contributed by atoms with Crippen molar-refractivity contribution in [2.75, 3.05) is 0 Å². The maximum atomic E-state index is 2.42. The van der Waals surface area contributed by atoms with Crippen LogP contribution in [0.3, 0.4) is 0 Å². The summed E-state index contributed by atoms with van der Waals surface area (Å²) in [7, 11) is 0. The second kappa shape index (κ2) is 3.49. The molecule has 74 valence electrons. The maximum Gasteiger partial charge on any atom is 0.0485 e. The molecule has 0 unspecified atom stereocenters. The van der Waals surface area contributed by atoms with Gasteiger partial charge in [0.15, 0.2) is 0 Å². The molecule has 2 rings (SSSR count). The van der Waals surface area contributed by atoms with E-state index in [4.69, 9.17) is 0 Å². The molecule has 1 aromatic carbocycles. The molecule has 0 aliphatic rings. The minimum absolute atomic E-state index is 1.13. The molecule has 0 saturated carbocycles. The van der Waals surface area contributed by atoms with Crippen LogP contribution in [-0.2, 0) is 6.54 Å². The Hall–Kier alpha value is -1.24. The number of benzene rings is 1. The van der Waals surface area contributed by atoms with E-state index >= 15 is 0 Å². The van der Waals surface area contributed by atoms with E-state index in [0.717, 1.165) is 6.54 Å². The molecule has 0 bridgehead atoms. The molecule has 0 spiro atoms. The summed E-state index contributed by atoms with van der Waals surface area (Å²) in [4.78, 5) is 0. The van der Waals surface area contributed by atoms with Gasteiger partial charge < -0.3 is 4.57 Å². The number of fused-ring (bicyclic) bond motifs is 1. The van der Waals surface area contributed by atoms with Crippen LogP contribution in [0.5, 0.6) is 0 Å². The summed E-state index contributed by atoms with van der Waals surface area (Å²) in [6.07, 6.45) is 1.19. The molecule has 1 aromatic heterocycles. The first kappa shape index (κ1) is 9.32. The first-order chi connectivity index (χ1) is 6.75. The Morgan fingerprint density at radius 2 is 1.86 bits per heavy atom. The van der Waals surface area contributed by atoms with Gasteiger partial charge in [0.1, 0.15) is 0 Å². The third-order valence-corrected chi connectivity index (χ3v) is 2.99. The molecule has 0 amide bonds. The lowest BCUT2D eigenvalue weighted by molar-refractivity contribution is 0.684. The van der Waals surface area contributed by atoms with Gasteiger partial charge in [0.25, 0.3) is 0 Å². The van der Waals surface area contributed by atoms with Crippen molar-refractivity contribution in [2.45, 2.75) is 33.7 Å². The molecule has 0 saturated heterocycles. The van der Waals surface area contributed by atoms with Gasteiger partial charge in [-0.3, -0.25) is 0 Å². The highest BCUT2D eigenvalue weighted by Gasteiger charge is 2.08. The maximum absolute atomic E-state index is 2.42. The normalized spacial score (nSPS) is 11.1. The number of hydrogen-bond donors (Lipinski definition) is 0. The Morgan fingerprint density at radius 1 is 1.14 bits per heavy atom. The van der Waals surface area contributed by atoms with Gasteiger partial charge in [0.05, 0.1) is 0 Å². The predicted octanol–water partition coefficient (Wildman–Crippen LogP) is 3.67. The van der Waals surface area contributed by atoms with E-state index in [1.807, 2.05) is 0 Å². The minimum atomic E-state index is 1.13. The average Bonchev–Trinajstić information content (AvgIpc) is 2.45. The molecule has 1 heterocycles. The summed E-state index contributed by atoms with van der Waals surface area (Å²) in [5, 5.41) is 1.40. The fourth-order valence-corrected chi connectivity index (χ4v) is 2.12. The first-order valence-electron chi connectivity index (χ1n) is 5.30. The van der Waals surface area contributed by atoms with Crippen LogP contribution < -0.4 is 0 Å². The molecular weight excluding hydrogens is 170 g/mol. The minimum Gasteiger partial charge on any atom is -0.345 e. The Balaban J connectivity index is 2.74. The van der Waals surface area contributed by atoms with E-state index in [1.54, 1.807) is 0 Å². The zero-order chi connectivity index (χ0) is 10.1. The summed E-state index contributed by atoms with van der Waals surface area (Å²) in [6.45, 7) is 7.78. The second-order valence-electron chi connectivity index (χ2n) is 3.88. The van der Waals surface area contributed by atoms with Crippen LogP contribution in [0.2, 0.25) is 0 Å². The molecular formula is C13H17N. The highest BCUT2D eigenvalue weighted by molar-refractivity contribution is 5.85. The summed E-state index contributed by atoms with van der Waals surface area (Å²) < 4.78 is 2.42. The van der Waals surface area contributed by atoms with E-state index < -0.39 is 0 Å². The van der Waals surface area contributed by atoms with Crippen LogP contribution in [-0.4, -0.2) is 4.57 Å². The van der Waals surface area contributed by atoms with Gasteiger partial charge >= 0.3 is 0 Å². The number of rotatable bonds is 2. The molecule has 0 N–H and O–H groups in total. The fourth-order valence-electron chi connectivity index (χ4n) is 2.12. The highest BCUT2D eigenvalue weighted by atomic mass is 15.0. The van der Waals surface area contributed by atoms with E-state index in [1.165, 1.54) is 28.6 Å². The van der Waals surface area contributed by atoms with Gasteiger partial charge in [-0.15, -0.1) is 0 Å². The van der Waals surface area contributed by atoms with Gasteiger partial charge in [-0.05, 0) is 31.9 Å². The summed E-state index contributed by atoms with van der Waals surface area (Å²) in [6, 6.07) is 8.66.